The van der Waals surface area contributed by atoms with Crippen LogP contribution in [-0.4, -0.2) is 42.0 Å². The molecule has 0 radical (unpaired) electrons. The van der Waals surface area contributed by atoms with E-state index in [1.165, 1.54) is 0 Å². The Hall–Kier alpha value is -1.30. The number of aliphatic carboxylic acids is 1. The Balaban J connectivity index is 3.82. The smallest absolute Gasteiger partial charge is 0.407 e. The summed E-state index contributed by atoms with van der Waals surface area (Å²) in [6, 6.07) is -0.125. The predicted octanol–water partition coefficient (Wildman–Crippen LogP) is 2.17. The molecule has 1 atom stereocenters. The fourth-order valence-corrected chi connectivity index (χ4v) is 1.29. The standard InChI is InChI=1S/C13H25NO5/c1-5-10(9-18-8-6-7-11(15)16)14-12(17)19-13(2,3)4/h10H,5-9H2,1-4H3,(H,14,17)(H,15,16). The molecule has 0 aromatic heterocycles. The number of rotatable bonds is 8. The normalized spacial score (nSPS) is 12.8. The fourth-order valence-electron chi connectivity index (χ4n) is 1.29. The summed E-state index contributed by atoms with van der Waals surface area (Å²) in [4.78, 5) is 21.8. The summed E-state index contributed by atoms with van der Waals surface area (Å²) in [5.74, 6) is -0.831. The zero-order chi connectivity index (χ0) is 14.9. The second-order valence-corrected chi connectivity index (χ2v) is 5.32. The van der Waals surface area contributed by atoms with E-state index in [9.17, 15) is 9.59 Å². The van der Waals surface area contributed by atoms with Crippen LogP contribution in [0.5, 0.6) is 0 Å². The van der Waals surface area contributed by atoms with Gasteiger partial charge >= 0.3 is 12.1 Å². The van der Waals surface area contributed by atoms with Crippen LogP contribution in [0, 0.1) is 0 Å². The third-order valence-electron chi connectivity index (χ3n) is 2.21. The molecular weight excluding hydrogens is 250 g/mol. The largest absolute Gasteiger partial charge is 0.481 e. The Labute approximate surface area is 114 Å². The monoisotopic (exact) mass is 275 g/mol. The maximum absolute atomic E-state index is 11.5. The average Bonchev–Trinajstić information content (AvgIpc) is 2.24. The van der Waals surface area contributed by atoms with Crippen molar-refractivity contribution >= 4 is 12.1 Å². The maximum Gasteiger partial charge on any atom is 0.407 e. The minimum atomic E-state index is -0.831. The van der Waals surface area contributed by atoms with Gasteiger partial charge in [-0.1, -0.05) is 6.92 Å². The van der Waals surface area contributed by atoms with Gasteiger partial charge in [0.05, 0.1) is 12.6 Å². The van der Waals surface area contributed by atoms with Crippen LogP contribution >= 0.6 is 0 Å². The van der Waals surface area contributed by atoms with E-state index < -0.39 is 17.7 Å². The van der Waals surface area contributed by atoms with Gasteiger partial charge in [0.2, 0.25) is 0 Å². The molecule has 0 rings (SSSR count). The quantitative estimate of drug-likeness (QED) is 0.663. The number of nitrogens with one attached hydrogen (secondary N) is 1. The van der Waals surface area contributed by atoms with Crippen molar-refractivity contribution in [1.29, 1.82) is 0 Å². The summed E-state index contributed by atoms with van der Waals surface area (Å²) in [5.41, 5.74) is -0.523. The number of alkyl carbamates (subject to hydrolysis) is 1. The van der Waals surface area contributed by atoms with E-state index in [2.05, 4.69) is 5.32 Å². The van der Waals surface area contributed by atoms with Crippen molar-refractivity contribution in [2.45, 2.75) is 58.6 Å². The van der Waals surface area contributed by atoms with Crippen molar-refractivity contribution in [2.75, 3.05) is 13.2 Å². The molecule has 112 valence electrons. The summed E-state index contributed by atoms with van der Waals surface area (Å²) < 4.78 is 10.5. The molecule has 19 heavy (non-hydrogen) atoms. The molecule has 6 heteroatoms. The highest BCUT2D eigenvalue weighted by Crippen LogP contribution is 2.07. The number of hydrogen-bond donors (Lipinski definition) is 2. The lowest BCUT2D eigenvalue weighted by molar-refractivity contribution is -0.137. The second-order valence-electron chi connectivity index (χ2n) is 5.32. The zero-order valence-electron chi connectivity index (χ0n) is 12.2. The van der Waals surface area contributed by atoms with Crippen LogP contribution in [0.1, 0.15) is 47.0 Å². The minimum absolute atomic E-state index is 0.0935. The summed E-state index contributed by atoms with van der Waals surface area (Å²) in [7, 11) is 0. The maximum atomic E-state index is 11.5. The summed E-state index contributed by atoms with van der Waals surface area (Å²) in [5, 5.41) is 11.2. The molecule has 0 spiro atoms. The molecule has 0 aliphatic heterocycles. The SMILES string of the molecule is CCC(COCCCC(=O)O)NC(=O)OC(C)(C)C. The van der Waals surface area contributed by atoms with Gasteiger partial charge < -0.3 is 19.9 Å². The molecule has 0 heterocycles. The van der Waals surface area contributed by atoms with Gasteiger partial charge in [0.15, 0.2) is 0 Å². The van der Waals surface area contributed by atoms with Crippen LogP contribution < -0.4 is 5.32 Å². The van der Waals surface area contributed by atoms with E-state index in [-0.39, 0.29) is 12.5 Å². The minimum Gasteiger partial charge on any atom is -0.481 e. The molecule has 1 unspecified atom stereocenters. The molecule has 0 saturated carbocycles. The van der Waals surface area contributed by atoms with E-state index in [4.69, 9.17) is 14.6 Å². The lowest BCUT2D eigenvalue weighted by Crippen LogP contribution is -2.41. The van der Waals surface area contributed by atoms with E-state index in [0.717, 1.165) is 6.42 Å². The van der Waals surface area contributed by atoms with Crippen LogP contribution in [0.15, 0.2) is 0 Å². The Morgan fingerprint density at radius 1 is 1.32 bits per heavy atom. The van der Waals surface area contributed by atoms with Crippen molar-refractivity contribution in [3.05, 3.63) is 0 Å². The van der Waals surface area contributed by atoms with Gasteiger partial charge in [0.1, 0.15) is 5.60 Å². The zero-order valence-corrected chi connectivity index (χ0v) is 12.2. The van der Waals surface area contributed by atoms with Crippen LogP contribution in [0.3, 0.4) is 0 Å². The molecule has 0 aliphatic carbocycles. The number of carboxylic acids is 1. The van der Waals surface area contributed by atoms with Crippen LogP contribution in [0.2, 0.25) is 0 Å². The van der Waals surface area contributed by atoms with Crippen molar-refractivity contribution in [1.82, 2.24) is 5.32 Å². The van der Waals surface area contributed by atoms with Crippen molar-refractivity contribution in [3.8, 4) is 0 Å². The first-order valence-electron chi connectivity index (χ1n) is 6.53. The van der Waals surface area contributed by atoms with Crippen LogP contribution in [-0.2, 0) is 14.3 Å². The Morgan fingerprint density at radius 2 is 1.95 bits per heavy atom. The first-order valence-corrected chi connectivity index (χ1v) is 6.53. The number of carboxylic acid groups (broad SMARTS) is 1. The van der Waals surface area contributed by atoms with Crippen molar-refractivity contribution < 1.29 is 24.2 Å². The third-order valence-corrected chi connectivity index (χ3v) is 2.21. The lowest BCUT2D eigenvalue weighted by Gasteiger charge is -2.23. The van der Waals surface area contributed by atoms with E-state index in [1.54, 1.807) is 20.8 Å². The van der Waals surface area contributed by atoms with Gasteiger partial charge in [0, 0.05) is 13.0 Å². The molecule has 0 aromatic carbocycles. The van der Waals surface area contributed by atoms with Gasteiger partial charge in [0.25, 0.3) is 0 Å². The van der Waals surface area contributed by atoms with Gasteiger partial charge in [-0.3, -0.25) is 4.79 Å². The fraction of sp³-hybridized carbons (Fsp3) is 0.846. The highest BCUT2D eigenvalue weighted by Gasteiger charge is 2.18. The van der Waals surface area contributed by atoms with E-state index in [1.807, 2.05) is 6.92 Å². The lowest BCUT2D eigenvalue weighted by atomic mass is 10.2. The summed E-state index contributed by atoms with van der Waals surface area (Å²) >= 11 is 0. The molecule has 0 saturated heterocycles. The number of amides is 1. The van der Waals surface area contributed by atoms with Gasteiger partial charge in [-0.25, -0.2) is 4.79 Å². The third kappa shape index (κ3) is 11.5. The highest BCUT2D eigenvalue weighted by atomic mass is 16.6. The number of ether oxygens (including phenoxy) is 2. The number of carbonyl (C=O) groups is 2. The Kier molecular flexibility index (Phi) is 8.14. The first-order chi connectivity index (χ1) is 8.74. The summed E-state index contributed by atoms with van der Waals surface area (Å²) in [6.45, 7) is 8.07. The second kappa shape index (κ2) is 8.74. The predicted molar refractivity (Wildman–Crippen MR) is 71.1 cm³/mol. The number of hydrogen-bond acceptors (Lipinski definition) is 4. The molecule has 6 nitrogen and oxygen atoms in total. The molecule has 1 amide bonds. The van der Waals surface area contributed by atoms with Crippen LogP contribution in [0.4, 0.5) is 4.79 Å². The molecule has 0 fully saturated rings. The first kappa shape index (κ1) is 17.7. The van der Waals surface area contributed by atoms with Crippen molar-refractivity contribution in [3.63, 3.8) is 0 Å². The van der Waals surface area contributed by atoms with E-state index >= 15 is 0 Å². The average molecular weight is 275 g/mol. The topological polar surface area (TPSA) is 84.9 Å². The van der Waals surface area contributed by atoms with Gasteiger partial charge in [-0.15, -0.1) is 0 Å². The van der Waals surface area contributed by atoms with Crippen LogP contribution in [0.25, 0.3) is 0 Å². The molecule has 0 bridgehead atoms. The number of carbonyl (C=O) groups excluding carboxylic acids is 1. The van der Waals surface area contributed by atoms with Gasteiger partial charge in [-0.2, -0.15) is 0 Å². The molecule has 0 aromatic rings. The molecular formula is C13H25NO5. The molecule has 0 aliphatic rings. The van der Waals surface area contributed by atoms with Gasteiger partial charge in [-0.05, 0) is 33.6 Å². The van der Waals surface area contributed by atoms with Crippen molar-refractivity contribution in [2.24, 2.45) is 0 Å². The van der Waals surface area contributed by atoms with E-state index in [0.29, 0.717) is 19.6 Å². The highest BCUT2D eigenvalue weighted by molar-refractivity contribution is 5.68. The molecule has 2 N–H and O–H groups in total. The Bertz CT molecular complexity index is 285. The summed E-state index contributed by atoms with van der Waals surface area (Å²) in [6.07, 6.45) is 0.820. The Morgan fingerprint density at radius 3 is 2.42 bits per heavy atom.